The molecule has 0 saturated carbocycles. The van der Waals surface area contributed by atoms with E-state index in [9.17, 15) is 0 Å². The molecule has 0 unspecified atom stereocenters. The lowest BCUT2D eigenvalue weighted by molar-refractivity contribution is 0.341. The quantitative estimate of drug-likeness (QED) is 0.587. The van der Waals surface area contributed by atoms with E-state index >= 15 is 0 Å². The zero-order valence-electron chi connectivity index (χ0n) is 7.78. The van der Waals surface area contributed by atoms with Gasteiger partial charge in [0, 0.05) is 12.1 Å². The molecule has 0 fully saturated rings. The Kier molecular flexibility index (Phi) is 3.91. The van der Waals surface area contributed by atoms with Crippen LogP contribution in [0.2, 0.25) is 0 Å². The Labute approximate surface area is 64.4 Å². The number of nitrogens with one attached hydrogen (secondary N) is 2. The molecule has 0 aliphatic heterocycles. The van der Waals surface area contributed by atoms with E-state index in [4.69, 9.17) is 0 Å². The minimum absolute atomic E-state index is 0.175. The summed E-state index contributed by atoms with van der Waals surface area (Å²) in [5.41, 5.74) is 6.55. The van der Waals surface area contributed by atoms with E-state index in [1.807, 2.05) is 0 Å². The van der Waals surface area contributed by atoms with Crippen molar-refractivity contribution in [1.82, 2.24) is 10.9 Å². The van der Waals surface area contributed by atoms with Gasteiger partial charge in [-0.25, -0.2) is 0 Å². The molecule has 0 rings (SSSR count). The molecule has 0 amide bonds. The summed E-state index contributed by atoms with van der Waals surface area (Å²) >= 11 is 0. The van der Waals surface area contributed by atoms with Crippen LogP contribution in [0.1, 0.15) is 34.6 Å². The van der Waals surface area contributed by atoms with Gasteiger partial charge in [0.25, 0.3) is 0 Å². The van der Waals surface area contributed by atoms with Crippen LogP contribution < -0.4 is 10.9 Å². The van der Waals surface area contributed by atoms with E-state index in [0.29, 0.717) is 5.92 Å². The van der Waals surface area contributed by atoms with Crippen molar-refractivity contribution in [2.45, 2.75) is 40.2 Å². The maximum atomic E-state index is 3.20. The molecule has 10 heavy (non-hydrogen) atoms. The van der Waals surface area contributed by atoms with Crippen molar-refractivity contribution in [2.75, 3.05) is 6.54 Å². The second-order valence-corrected chi connectivity index (χ2v) is 4.15. The number of hydrogen-bond acceptors (Lipinski definition) is 2. The highest BCUT2D eigenvalue weighted by molar-refractivity contribution is 4.66. The SMILES string of the molecule is CC(C)CNNC(C)(C)C. The third-order valence-corrected chi connectivity index (χ3v) is 0.974. The topological polar surface area (TPSA) is 24.1 Å². The summed E-state index contributed by atoms with van der Waals surface area (Å²) < 4.78 is 0. The molecule has 0 aromatic rings. The van der Waals surface area contributed by atoms with Crippen LogP contribution in [0.3, 0.4) is 0 Å². The van der Waals surface area contributed by atoms with Crippen molar-refractivity contribution in [1.29, 1.82) is 0 Å². The standard InChI is InChI=1S/C8H20N2/c1-7(2)6-9-10-8(3,4)5/h7,9-10H,6H2,1-5H3. The highest BCUT2D eigenvalue weighted by Gasteiger charge is 2.07. The Bertz CT molecular complexity index is 81.7. The highest BCUT2D eigenvalue weighted by Crippen LogP contribution is 1.95. The molecule has 0 aromatic heterocycles. The average molecular weight is 144 g/mol. The van der Waals surface area contributed by atoms with Gasteiger partial charge in [0.15, 0.2) is 0 Å². The lowest BCUT2D eigenvalue weighted by atomic mass is 10.1. The van der Waals surface area contributed by atoms with Crippen molar-refractivity contribution in [3.05, 3.63) is 0 Å². The lowest BCUT2D eigenvalue weighted by Crippen LogP contribution is -2.47. The number of hydrogen-bond donors (Lipinski definition) is 2. The van der Waals surface area contributed by atoms with Crippen LogP contribution in [-0.2, 0) is 0 Å². The fourth-order valence-corrected chi connectivity index (χ4v) is 0.520. The van der Waals surface area contributed by atoms with Gasteiger partial charge in [-0.2, -0.15) is 0 Å². The first-order valence-corrected chi connectivity index (χ1v) is 3.92. The monoisotopic (exact) mass is 144 g/mol. The highest BCUT2D eigenvalue weighted by atomic mass is 15.4. The smallest absolute Gasteiger partial charge is 0.0239 e. The normalized spacial score (nSPS) is 12.6. The van der Waals surface area contributed by atoms with Crippen LogP contribution in [0, 0.1) is 5.92 Å². The van der Waals surface area contributed by atoms with E-state index in [2.05, 4.69) is 45.5 Å². The first-order chi connectivity index (χ1) is 4.42. The van der Waals surface area contributed by atoms with E-state index in [0.717, 1.165) is 6.54 Å². The molecule has 0 spiro atoms. The molecule has 0 saturated heterocycles. The summed E-state index contributed by atoms with van der Waals surface area (Å²) in [4.78, 5) is 0. The summed E-state index contributed by atoms with van der Waals surface area (Å²) in [5, 5.41) is 0. The van der Waals surface area contributed by atoms with Crippen molar-refractivity contribution in [3.63, 3.8) is 0 Å². The maximum Gasteiger partial charge on any atom is 0.0239 e. The second kappa shape index (κ2) is 3.94. The predicted octanol–water partition coefficient (Wildman–Crippen LogP) is 1.54. The molecule has 0 radical (unpaired) electrons. The van der Waals surface area contributed by atoms with Gasteiger partial charge in [-0.3, -0.25) is 10.9 Å². The van der Waals surface area contributed by atoms with Crippen LogP contribution >= 0.6 is 0 Å². The fraction of sp³-hybridized carbons (Fsp3) is 1.00. The molecule has 2 nitrogen and oxygen atoms in total. The van der Waals surface area contributed by atoms with Crippen molar-refractivity contribution < 1.29 is 0 Å². The third kappa shape index (κ3) is 7.92. The predicted molar refractivity (Wildman–Crippen MR) is 45.7 cm³/mol. The van der Waals surface area contributed by atoms with Gasteiger partial charge in [0.2, 0.25) is 0 Å². The molecular formula is C8H20N2. The van der Waals surface area contributed by atoms with Gasteiger partial charge in [-0.1, -0.05) is 13.8 Å². The molecule has 0 atom stereocenters. The Balaban J connectivity index is 3.21. The second-order valence-electron chi connectivity index (χ2n) is 4.15. The minimum atomic E-state index is 0.175. The number of rotatable bonds is 3. The first kappa shape index (κ1) is 9.92. The molecule has 0 heterocycles. The lowest BCUT2D eigenvalue weighted by Gasteiger charge is -2.21. The Morgan fingerprint density at radius 3 is 2.00 bits per heavy atom. The van der Waals surface area contributed by atoms with Crippen LogP contribution in [-0.4, -0.2) is 12.1 Å². The van der Waals surface area contributed by atoms with Gasteiger partial charge in [-0.05, 0) is 26.7 Å². The van der Waals surface area contributed by atoms with Gasteiger partial charge in [-0.15, -0.1) is 0 Å². The molecule has 0 aromatic carbocycles. The Hall–Kier alpha value is -0.0800. The molecule has 0 bridgehead atoms. The molecular weight excluding hydrogens is 124 g/mol. The summed E-state index contributed by atoms with van der Waals surface area (Å²) in [7, 11) is 0. The third-order valence-electron chi connectivity index (χ3n) is 0.974. The van der Waals surface area contributed by atoms with E-state index < -0.39 is 0 Å². The van der Waals surface area contributed by atoms with Gasteiger partial charge in [0.05, 0.1) is 0 Å². The van der Waals surface area contributed by atoms with Crippen LogP contribution in [0.4, 0.5) is 0 Å². The zero-order chi connectivity index (χ0) is 8.20. The van der Waals surface area contributed by atoms with Gasteiger partial charge >= 0.3 is 0 Å². The largest absolute Gasteiger partial charge is 0.257 e. The summed E-state index contributed by atoms with van der Waals surface area (Å²) in [5.74, 6) is 0.704. The molecule has 2 N–H and O–H groups in total. The summed E-state index contributed by atoms with van der Waals surface area (Å²) in [6.45, 7) is 11.8. The summed E-state index contributed by atoms with van der Waals surface area (Å²) in [6.07, 6.45) is 0. The van der Waals surface area contributed by atoms with Crippen LogP contribution in [0.5, 0.6) is 0 Å². The first-order valence-electron chi connectivity index (χ1n) is 3.92. The average Bonchev–Trinajstić information content (AvgIpc) is 1.59. The van der Waals surface area contributed by atoms with Crippen molar-refractivity contribution in [3.8, 4) is 0 Å². The molecule has 0 aliphatic carbocycles. The molecule has 2 heteroatoms. The number of hydrazine groups is 1. The van der Waals surface area contributed by atoms with Crippen molar-refractivity contribution in [2.24, 2.45) is 5.92 Å². The van der Waals surface area contributed by atoms with Crippen LogP contribution in [0.15, 0.2) is 0 Å². The van der Waals surface area contributed by atoms with Crippen molar-refractivity contribution >= 4 is 0 Å². The Morgan fingerprint density at radius 1 is 1.20 bits per heavy atom. The van der Waals surface area contributed by atoms with Gasteiger partial charge in [0.1, 0.15) is 0 Å². The zero-order valence-corrected chi connectivity index (χ0v) is 7.78. The van der Waals surface area contributed by atoms with E-state index in [1.165, 1.54) is 0 Å². The summed E-state index contributed by atoms with van der Waals surface area (Å²) in [6, 6.07) is 0. The molecule has 62 valence electrons. The van der Waals surface area contributed by atoms with E-state index in [1.54, 1.807) is 0 Å². The minimum Gasteiger partial charge on any atom is -0.257 e. The van der Waals surface area contributed by atoms with Crippen LogP contribution in [0.25, 0.3) is 0 Å². The van der Waals surface area contributed by atoms with Gasteiger partial charge < -0.3 is 0 Å². The fourth-order valence-electron chi connectivity index (χ4n) is 0.520. The molecule has 0 aliphatic rings. The Morgan fingerprint density at radius 2 is 1.70 bits per heavy atom. The van der Waals surface area contributed by atoms with E-state index in [-0.39, 0.29) is 5.54 Å². The maximum absolute atomic E-state index is 3.20.